The molecule has 12 heteroatoms. The maximum atomic E-state index is 13.0. The van der Waals surface area contributed by atoms with E-state index in [9.17, 15) is 4.79 Å². The molecule has 0 spiro atoms. The summed E-state index contributed by atoms with van der Waals surface area (Å²) in [5.74, 6) is -3.33. The van der Waals surface area contributed by atoms with E-state index in [4.69, 9.17) is 47.1 Å². The molecule has 5 rings (SSSR count). The van der Waals surface area contributed by atoms with Crippen LogP contribution in [0.2, 0.25) is 18.1 Å². The van der Waals surface area contributed by atoms with E-state index in [0.29, 0.717) is 25.7 Å². The van der Waals surface area contributed by atoms with E-state index >= 15 is 0 Å². The molecule has 0 aromatic carbocycles. The molecule has 4 fully saturated rings. The molecule has 4 saturated heterocycles. The lowest BCUT2D eigenvalue weighted by Gasteiger charge is -2.48. The first-order valence-electron chi connectivity index (χ1n) is 26.5. The Morgan fingerprint density at radius 3 is 1.41 bits per heavy atom. The maximum absolute atomic E-state index is 13.0. The van der Waals surface area contributed by atoms with Gasteiger partial charge in [0.05, 0.1) is 54.9 Å². The average Bonchev–Trinajstić information content (AvgIpc) is 3.19. The minimum Gasteiger partial charge on any atom is -0.458 e. The van der Waals surface area contributed by atoms with Crippen LogP contribution in [-0.2, 0) is 51.9 Å². The van der Waals surface area contributed by atoms with Crippen molar-refractivity contribution < 1.29 is 51.9 Å². The Labute approximate surface area is 424 Å². The Morgan fingerprint density at radius 2 is 0.957 bits per heavy atom. The molecule has 11 nitrogen and oxygen atoms in total. The predicted octanol–water partition coefficient (Wildman–Crippen LogP) is 13.3. The zero-order valence-electron chi connectivity index (χ0n) is 46.2. The lowest BCUT2D eigenvalue weighted by atomic mass is 9.88. The molecule has 0 radical (unpaired) electrons. The van der Waals surface area contributed by atoms with Crippen LogP contribution in [0, 0.1) is 17.8 Å². The highest BCUT2D eigenvalue weighted by Crippen LogP contribution is 2.43. The van der Waals surface area contributed by atoms with Gasteiger partial charge in [-0.25, -0.2) is 4.79 Å². The molecular weight excluding hydrogens is 901 g/mol. The predicted molar refractivity (Wildman–Crippen MR) is 281 cm³/mol. The normalized spacial score (nSPS) is 36.1. The van der Waals surface area contributed by atoms with Crippen molar-refractivity contribution in [2.24, 2.45) is 17.8 Å². The van der Waals surface area contributed by atoms with Gasteiger partial charge in [-0.15, -0.1) is 0 Å². The van der Waals surface area contributed by atoms with E-state index in [1.165, 1.54) is 6.08 Å². The van der Waals surface area contributed by atoms with Crippen molar-refractivity contribution in [2.75, 3.05) is 0 Å². The van der Waals surface area contributed by atoms with Gasteiger partial charge < -0.3 is 47.1 Å². The van der Waals surface area contributed by atoms with Gasteiger partial charge >= 0.3 is 5.97 Å². The molecule has 8 bridgehead atoms. The zero-order chi connectivity index (χ0) is 51.7. The lowest BCUT2D eigenvalue weighted by Crippen LogP contribution is -2.53. The van der Waals surface area contributed by atoms with Gasteiger partial charge in [0.1, 0.15) is 6.10 Å². The van der Waals surface area contributed by atoms with E-state index in [2.05, 4.69) is 85.9 Å². The van der Waals surface area contributed by atoms with Crippen molar-refractivity contribution in [1.29, 1.82) is 0 Å². The molecule has 0 aromatic rings. The van der Waals surface area contributed by atoms with Crippen molar-refractivity contribution in [2.45, 2.75) is 258 Å². The molecule has 70 heavy (non-hydrogen) atoms. The highest BCUT2D eigenvalue weighted by atomic mass is 28.4. The van der Waals surface area contributed by atoms with E-state index in [1.54, 1.807) is 6.08 Å². The molecule has 5 aliphatic heterocycles. The monoisotopic (exact) mass is 995 g/mol. The van der Waals surface area contributed by atoms with Crippen LogP contribution in [0.4, 0.5) is 0 Å². The Hall–Kier alpha value is -2.49. The van der Waals surface area contributed by atoms with Crippen molar-refractivity contribution in [3.05, 3.63) is 85.1 Å². The fourth-order valence-electron chi connectivity index (χ4n) is 10.5. The van der Waals surface area contributed by atoms with Gasteiger partial charge in [-0.3, -0.25) is 0 Å². The summed E-state index contributed by atoms with van der Waals surface area (Å²) in [6, 6.07) is 0. The first-order chi connectivity index (χ1) is 32.5. The summed E-state index contributed by atoms with van der Waals surface area (Å²) in [6.45, 7) is 36.1. The van der Waals surface area contributed by atoms with Gasteiger partial charge in [-0.05, 0) is 85.9 Å². The van der Waals surface area contributed by atoms with Crippen LogP contribution in [0.3, 0.4) is 0 Å². The standard InChI is InChI=1S/C58H94O11Si/c1-40(2)53-41(3)31-32-43-33-44(62-55(8,9)61-43)34-45-35-46(64-56(10,11)63-45)36-47-37-48(66-57(12,13)65-47)38-49-39-51(68-58(14,15)67-49)42(4)50(69-70(16,17)54(5,6)7)29-27-25-23-21-19-18-20-22-24-26-28-30-52(59)60-53/h18-28,30-32,40-51,53H,29,33-39H2,1-17H3/t41-,42-,43-,44-,45-,46-,47+,48+,49+,50-,51+,53-/m0/s1. The molecule has 0 unspecified atom stereocenters. The summed E-state index contributed by atoms with van der Waals surface area (Å²) in [5, 5.41) is 0.0539. The van der Waals surface area contributed by atoms with Crippen LogP contribution in [0.5, 0.6) is 0 Å². The van der Waals surface area contributed by atoms with Crippen molar-refractivity contribution in [1.82, 2.24) is 0 Å². The summed E-state index contributed by atoms with van der Waals surface area (Å²) >= 11 is 0. The Kier molecular flexibility index (Phi) is 20.6. The van der Waals surface area contributed by atoms with Gasteiger partial charge in [0.2, 0.25) is 0 Å². The van der Waals surface area contributed by atoms with Gasteiger partial charge in [0.15, 0.2) is 31.5 Å². The van der Waals surface area contributed by atoms with E-state index in [-0.39, 0.29) is 89.8 Å². The number of fused-ring (bicyclic) bond motifs is 8. The number of ether oxygens (including phenoxy) is 9. The fourth-order valence-corrected chi connectivity index (χ4v) is 11.9. The number of carbonyl (C=O) groups is 1. The first-order valence-corrected chi connectivity index (χ1v) is 29.4. The molecule has 0 saturated carbocycles. The summed E-state index contributed by atoms with van der Waals surface area (Å²) in [7, 11) is -2.14. The SMILES string of the molecule is CC(C)[C@@H]1OC(=O)C=CC=CC=CC=CC=CC=CC[C@H](O[Si](C)(C)C(C)(C)C)[C@H](C)[C@H]2C[C@@H](C[C@H]3C[C@@H](C[C@@H]4C[C@H](C[C@@H]5C[C@H](C=C[C@@H]1C)OC(C)(C)O5)OC(C)(C)O4)OC(C)(C)O3)OC(C)(C)O2. The van der Waals surface area contributed by atoms with Crippen LogP contribution in [0.25, 0.3) is 0 Å². The Balaban J connectivity index is 1.39. The van der Waals surface area contributed by atoms with Crippen LogP contribution in [0.15, 0.2) is 85.1 Å². The van der Waals surface area contributed by atoms with Crippen LogP contribution in [-0.4, -0.2) is 98.5 Å². The van der Waals surface area contributed by atoms with Crippen molar-refractivity contribution in [3.63, 3.8) is 0 Å². The van der Waals surface area contributed by atoms with Gasteiger partial charge in [0, 0.05) is 62.9 Å². The first kappa shape index (κ1) is 58.4. The third-order valence-corrected chi connectivity index (χ3v) is 18.9. The Morgan fingerprint density at radius 1 is 0.557 bits per heavy atom. The zero-order valence-corrected chi connectivity index (χ0v) is 47.2. The van der Waals surface area contributed by atoms with Crippen LogP contribution >= 0.6 is 0 Å². The molecule has 0 amide bonds. The van der Waals surface area contributed by atoms with Crippen LogP contribution < -0.4 is 0 Å². The van der Waals surface area contributed by atoms with E-state index in [0.717, 1.165) is 25.7 Å². The largest absolute Gasteiger partial charge is 0.458 e. The highest BCUT2D eigenvalue weighted by molar-refractivity contribution is 6.74. The summed E-state index contributed by atoms with van der Waals surface area (Å²) in [5.41, 5.74) is 0. The van der Waals surface area contributed by atoms with E-state index < -0.39 is 31.5 Å². The van der Waals surface area contributed by atoms with Crippen molar-refractivity contribution in [3.8, 4) is 0 Å². The second kappa shape index (κ2) is 24.7. The summed E-state index contributed by atoms with van der Waals surface area (Å²) in [4.78, 5) is 13.0. The van der Waals surface area contributed by atoms with Gasteiger partial charge in [-0.1, -0.05) is 127 Å². The fraction of sp³-hybridized carbons (Fsp3) is 0.741. The van der Waals surface area contributed by atoms with Gasteiger partial charge in [0.25, 0.3) is 0 Å². The van der Waals surface area contributed by atoms with Gasteiger partial charge in [-0.2, -0.15) is 0 Å². The second-order valence-electron chi connectivity index (χ2n) is 24.2. The number of cyclic esters (lactones) is 1. The maximum Gasteiger partial charge on any atom is 0.331 e. The molecule has 0 aliphatic carbocycles. The molecule has 0 N–H and O–H groups in total. The van der Waals surface area contributed by atoms with Crippen LogP contribution in [0.1, 0.15) is 155 Å². The molecule has 5 heterocycles. The third kappa shape index (κ3) is 18.8. The minimum absolute atomic E-state index is 0.0377. The number of rotatable bonds is 3. The summed E-state index contributed by atoms with van der Waals surface area (Å²) in [6.07, 6.45) is 32.0. The molecule has 5 aliphatic rings. The third-order valence-electron chi connectivity index (χ3n) is 14.4. The molecular formula is C58H94O11Si. The lowest BCUT2D eigenvalue weighted by molar-refractivity contribution is -0.340. The smallest absolute Gasteiger partial charge is 0.331 e. The number of allylic oxidation sites excluding steroid dienone is 10. The second-order valence-corrected chi connectivity index (χ2v) is 29.0. The Bertz CT molecular complexity index is 1880. The number of hydrogen-bond donors (Lipinski definition) is 0. The number of esters is 1. The molecule has 0 aromatic heterocycles. The molecule has 12 atom stereocenters. The molecule has 396 valence electrons. The average molecular weight is 995 g/mol. The summed E-state index contributed by atoms with van der Waals surface area (Å²) < 4.78 is 66.3. The van der Waals surface area contributed by atoms with E-state index in [1.807, 2.05) is 104 Å². The minimum atomic E-state index is -2.14. The topological polar surface area (TPSA) is 109 Å². The highest BCUT2D eigenvalue weighted by Gasteiger charge is 2.47. The number of carbonyl (C=O) groups excluding carboxylic acids is 1. The van der Waals surface area contributed by atoms with Crippen molar-refractivity contribution >= 4 is 14.3 Å². The quantitative estimate of drug-likeness (QED) is 0.153. The number of hydrogen-bond acceptors (Lipinski definition) is 11.